The van der Waals surface area contributed by atoms with Crippen LogP contribution in [-0.2, 0) is 0 Å². The lowest BCUT2D eigenvalue weighted by Gasteiger charge is -2.37. The average molecular weight is 451 g/mol. The number of hydrogen-bond donors (Lipinski definition) is 4. The maximum atomic E-state index is 15.1. The molecule has 1 fully saturated rings. The quantitative estimate of drug-likeness (QED) is 0.362. The van der Waals surface area contributed by atoms with Crippen molar-refractivity contribution in [3.8, 4) is 11.8 Å². The number of nitrogens with zero attached hydrogens (tertiary/aromatic N) is 4. The van der Waals surface area contributed by atoms with E-state index in [4.69, 9.17) is 4.74 Å². The summed E-state index contributed by atoms with van der Waals surface area (Å²) in [7, 11) is 0. The molecule has 1 aliphatic rings. The Hall–Kier alpha value is -3.66. The summed E-state index contributed by atoms with van der Waals surface area (Å²) in [6.07, 6.45) is 0. The molecule has 1 aromatic carbocycles. The topological polar surface area (TPSA) is 107 Å². The third kappa shape index (κ3) is 4.47. The minimum Gasteiger partial charge on any atom is -0.421 e. The Morgan fingerprint density at radius 3 is 2.55 bits per heavy atom. The van der Waals surface area contributed by atoms with Gasteiger partial charge in [-0.3, -0.25) is 5.10 Å². The van der Waals surface area contributed by atoms with E-state index in [1.807, 2.05) is 26.0 Å². The van der Waals surface area contributed by atoms with Gasteiger partial charge in [-0.1, -0.05) is 0 Å². The summed E-state index contributed by atoms with van der Waals surface area (Å²) in [4.78, 5) is 14.4. The van der Waals surface area contributed by atoms with E-state index in [1.165, 1.54) is 0 Å². The second-order valence-electron chi connectivity index (χ2n) is 8.72. The van der Waals surface area contributed by atoms with Gasteiger partial charge in [0.2, 0.25) is 0 Å². The third-order valence-corrected chi connectivity index (χ3v) is 5.57. The lowest BCUT2D eigenvalue weighted by atomic mass is 10.1. The van der Waals surface area contributed by atoms with E-state index >= 15 is 4.39 Å². The van der Waals surface area contributed by atoms with Gasteiger partial charge in [-0.15, -0.1) is 0 Å². The van der Waals surface area contributed by atoms with E-state index in [0.717, 1.165) is 24.5 Å². The second-order valence-corrected chi connectivity index (χ2v) is 8.72. The van der Waals surface area contributed by atoms with Gasteiger partial charge in [-0.05, 0) is 45.9 Å². The van der Waals surface area contributed by atoms with Crippen molar-refractivity contribution in [1.82, 2.24) is 30.5 Å². The van der Waals surface area contributed by atoms with E-state index in [1.54, 1.807) is 18.2 Å². The molecule has 9 nitrogen and oxygen atoms in total. The minimum atomic E-state index is -0.451. The number of piperazine rings is 1. The van der Waals surface area contributed by atoms with Crippen molar-refractivity contribution in [2.75, 3.05) is 23.3 Å². The van der Waals surface area contributed by atoms with Gasteiger partial charge in [-0.2, -0.15) is 15.1 Å². The Balaban J connectivity index is 1.51. The molecule has 0 aliphatic carbocycles. The first-order valence-corrected chi connectivity index (χ1v) is 11.0. The number of benzene rings is 1. The number of aromatic nitrogens is 5. The highest BCUT2D eigenvalue weighted by Crippen LogP contribution is 2.31. The Morgan fingerprint density at radius 2 is 1.82 bits per heavy atom. The molecule has 172 valence electrons. The summed E-state index contributed by atoms with van der Waals surface area (Å²) in [5.41, 5.74) is 2.51. The molecule has 0 spiro atoms. The molecule has 2 unspecified atom stereocenters. The number of ether oxygens (including phenoxy) is 1. The van der Waals surface area contributed by atoms with Crippen LogP contribution in [0.5, 0.6) is 11.8 Å². The van der Waals surface area contributed by atoms with Crippen molar-refractivity contribution >= 4 is 28.4 Å². The Labute approximate surface area is 190 Å². The molecule has 4 N–H and O–H groups in total. The highest BCUT2D eigenvalue weighted by Gasteiger charge is 2.24. The molecule has 0 radical (unpaired) electrons. The highest BCUT2D eigenvalue weighted by molar-refractivity contribution is 5.82. The Kier molecular flexibility index (Phi) is 5.37. The molecule has 0 bridgehead atoms. The number of H-pyrrole nitrogens is 2. The molecule has 4 heterocycles. The zero-order valence-electron chi connectivity index (χ0n) is 19.0. The molecule has 33 heavy (non-hydrogen) atoms. The fourth-order valence-corrected chi connectivity index (χ4v) is 4.28. The van der Waals surface area contributed by atoms with Crippen molar-refractivity contribution in [3.05, 3.63) is 47.5 Å². The van der Waals surface area contributed by atoms with Crippen LogP contribution in [0.25, 0.3) is 10.9 Å². The minimum absolute atomic E-state index is 0.0617. The summed E-state index contributed by atoms with van der Waals surface area (Å²) in [6, 6.07) is 9.52. The summed E-state index contributed by atoms with van der Waals surface area (Å²) < 4.78 is 21.0. The molecule has 0 saturated carbocycles. The van der Waals surface area contributed by atoms with E-state index < -0.39 is 5.82 Å². The number of rotatable bonds is 5. The summed E-state index contributed by atoms with van der Waals surface area (Å²) in [6.45, 7) is 9.64. The van der Waals surface area contributed by atoms with Crippen molar-refractivity contribution in [2.24, 2.45) is 0 Å². The molecule has 0 amide bonds. The predicted octanol–water partition coefficient (Wildman–Crippen LogP) is 4.16. The molecule has 10 heteroatoms. The van der Waals surface area contributed by atoms with E-state index in [9.17, 15) is 0 Å². The molecule has 5 rings (SSSR count). The highest BCUT2D eigenvalue weighted by atomic mass is 19.1. The van der Waals surface area contributed by atoms with Gasteiger partial charge in [-0.25, -0.2) is 4.39 Å². The summed E-state index contributed by atoms with van der Waals surface area (Å²) in [5, 5.41) is 14.3. The first-order valence-electron chi connectivity index (χ1n) is 11.0. The SMILES string of the molecule is Cc1cc(Nc2cc(N3CC(C)NC(C)C3)nc(Oc3ccc4[nH]c(C)cc4c3F)n2)n[nH]1. The van der Waals surface area contributed by atoms with Gasteiger partial charge in [0, 0.05) is 59.6 Å². The van der Waals surface area contributed by atoms with Crippen molar-refractivity contribution in [1.29, 1.82) is 0 Å². The number of nitrogens with one attached hydrogen (secondary N) is 4. The number of fused-ring (bicyclic) bond motifs is 1. The number of aryl methyl sites for hydroxylation is 2. The van der Waals surface area contributed by atoms with Crippen LogP contribution in [0, 0.1) is 19.7 Å². The van der Waals surface area contributed by atoms with Crippen LogP contribution < -0.4 is 20.3 Å². The van der Waals surface area contributed by atoms with Gasteiger partial charge in [0.05, 0.1) is 0 Å². The largest absolute Gasteiger partial charge is 0.421 e. The van der Waals surface area contributed by atoms with Crippen LogP contribution in [-0.4, -0.2) is 50.3 Å². The first-order chi connectivity index (χ1) is 15.8. The van der Waals surface area contributed by atoms with Crippen LogP contribution in [0.3, 0.4) is 0 Å². The zero-order chi connectivity index (χ0) is 23.1. The third-order valence-electron chi connectivity index (χ3n) is 5.57. The van der Waals surface area contributed by atoms with Crippen molar-refractivity contribution in [2.45, 2.75) is 39.8 Å². The van der Waals surface area contributed by atoms with Gasteiger partial charge < -0.3 is 25.3 Å². The molecule has 4 aromatic rings. The average Bonchev–Trinajstić information content (AvgIpc) is 3.34. The maximum absolute atomic E-state index is 15.1. The van der Waals surface area contributed by atoms with Crippen LogP contribution in [0.2, 0.25) is 0 Å². The summed E-state index contributed by atoms with van der Waals surface area (Å²) in [5.74, 6) is 1.46. The Morgan fingerprint density at radius 1 is 1.03 bits per heavy atom. The van der Waals surface area contributed by atoms with Crippen molar-refractivity contribution in [3.63, 3.8) is 0 Å². The van der Waals surface area contributed by atoms with Gasteiger partial charge in [0.15, 0.2) is 17.4 Å². The smallest absolute Gasteiger partial charge is 0.326 e. The molecule has 2 atom stereocenters. The lowest BCUT2D eigenvalue weighted by Crippen LogP contribution is -2.54. The van der Waals surface area contributed by atoms with Gasteiger partial charge in [0.1, 0.15) is 11.6 Å². The molecule has 3 aromatic heterocycles. The monoisotopic (exact) mass is 450 g/mol. The van der Waals surface area contributed by atoms with Crippen LogP contribution in [0.4, 0.5) is 21.8 Å². The van der Waals surface area contributed by atoms with Crippen LogP contribution in [0.1, 0.15) is 25.2 Å². The standard InChI is InChI=1S/C23H27FN8O/c1-12-7-16-17(26-12)5-6-18(22(16)24)33-23-28-19(27-20-8-13(2)30-31-20)9-21(29-23)32-10-14(3)25-15(4)11-32/h5-9,14-15,25-26H,10-11H2,1-4H3,(H2,27,28,29,30,31). The molecular formula is C23H27FN8O. The fourth-order valence-electron chi connectivity index (χ4n) is 4.28. The zero-order valence-corrected chi connectivity index (χ0v) is 19.0. The molecule has 1 aliphatic heterocycles. The van der Waals surface area contributed by atoms with E-state index in [0.29, 0.717) is 40.4 Å². The maximum Gasteiger partial charge on any atom is 0.326 e. The lowest BCUT2D eigenvalue weighted by molar-refractivity contribution is 0.397. The second kappa shape index (κ2) is 8.36. The van der Waals surface area contributed by atoms with Crippen molar-refractivity contribution < 1.29 is 9.13 Å². The normalized spacial score (nSPS) is 18.6. The number of aromatic amines is 2. The Bertz CT molecular complexity index is 1290. The van der Waals surface area contributed by atoms with Crippen LogP contribution >= 0.6 is 0 Å². The predicted molar refractivity (Wildman–Crippen MR) is 126 cm³/mol. The first kappa shape index (κ1) is 21.2. The van der Waals surface area contributed by atoms with E-state index in [2.05, 4.69) is 54.5 Å². The fraction of sp³-hybridized carbons (Fsp3) is 0.348. The van der Waals surface area contributed by atoms with Gasteiger partial charge >= 0.3 is 6.01 Å². The summed E-state index contributed by atoms with van der Waals surface area (Å²) >= 11 is 0. The van der Waals surface area contributed by atoms with Gasteiger partial charge in [0.25, 0.3) is 0 Å². The van der Waals surface area contributed by atoms with E-state index in [-0.39, 0.29) is 11.8 Å². The van der Waals surface area contributed by atoms with Crippen LogP contribution in [0.15, 0.2) is 30.3 Å². The molecular weight excluding hydrogens is 423 g/mol. The number of anilines is 3. The number of halogens is 1. The number of hydrogen-bond acceptors (Lipinski definition) is 7. The molecule has 1 saturated heterocycles.